The summed E-state index contributed by atoms with van der Waals surface area (Å²) in [6.45, 7) is 0. The molecule has 1 heterocycles. The summed E-state index contributed by atoms with van der Waals surface area (Å²) in [6, 6.07) is 40.4. The van der Waals surface area contributed by atoms with Crippen molar-refractivity contribution in [2.24, 2.45) is 0 Å². The van der Waals surface area contributed by atoms with Crippen molar-refractivity contribution in [2.75, 3.05) is 0 Å². The first-order chi connectivity index (χ1) is 17.3. The van der Waals surface area contributed by atoms with Crippen molar-refractivity contribution in [1.82, 2.24) is 9.97 Å². The zero-order chi connectivity index (χ0) is 23.4. The van der Waals surface area contributed by atoms with Crippen LogP contribution in [0.25, 0.3) is 65.6 Å². The smallest absolute Gasteiger partial charge is 0.218 e. The van der Waals surface area contributed by atoms with Gasteiger partial charge in [0.05, 0.1) is 11.4 Å². The fourth-order valence-corrected chi connectivity index (χ4v) is 5.41. The molecule has 0 unspecified atom stereocenters. The first kappa shape index (κ1) is 20.1. The molecule has 0 saturated heterocycles. The first-order valence-electron chi connectivity index (χ1n) is 11.6. The van der Waals surface area contributed by atoms with Crippen LogP contribution in [0.3, 0.4) is 0 Å². The van der Waals surface area contributed by atoms with Gasteiger partial charge in [-0.3, -0.25) is 0 Å². The molecule has 35 heavy (non-hydrogen) atoms. The highest BCUT2D eigenvalue weighted by Crippen LogP contribution is 2.38. The summed E-state index contributed by atoms with van der Waals surface area (Å²) in [4.78, 5) is 9.37. The van der Waals surface area contributed by atoms with E-state index in [4.69, 9.17) is 11.6 Å². The Morgan fingerprint density at radius 1 is 0.400 bits per heavy atom. The van der Waals surface area contributed by atoms with Crippen molar-refractivity contribution in [3.05, 3.63) is 121 Å². The summed E-state index contributed by atoms with van der Waals surface area (Å²) in [5.74, 6) is 0. The fraction of sp³-hybridized carbons (Fsp3) is 0. The molecule has 0 atom stereocenters. The molecule has 0 aliphatic rings. The average Bonchev–Trinajstić information content (AvgIpc) is 2.92. The molecule has 0 aliphatic carbocycles. The Balaban J connectivity index is 1.54. The van der Waals surface area contributed by atoms with Crippen LogP contribution in [-0.4, -0.2) is 9.97 Å². The molecule has 0 N–H and O–H groups in total. The summed E-state index contributed by atoms with van der Waals surface area (Å²) in [7, 11) is 0. The molecule has 0 spiro atoms. The lowest BCUT2D eigenvalue weighted by molar-refractivity contribution is 1.18. The van der Waals surface area contributed by atoms with E-state index < -0.39 is 0 Å². The third-order valence-corrected chi connectivity index (χ3v) is 6.96. The standard InChI is InChI=1S/C32H19ClN2/c33-32-34-30(28-17-20-9-1-3-11-22(20)24-13-5-7-15-26(24)28)19-31(35-32)29-18-21-10-2-4-12-23(21)25-14-6-8-16-27(25)29/h1-19H. The van der Waals surface area contributed by atoms with Crippen LogP contribution in [-0.2, 0) is 0 Å². The molecule has 3 heteroatoms. The third-order valence-electron chi connectivity index (χ3n) is 6.79. The van der Waals surface area contributed by atoms with Gasteiger partial charge in [0.25, 0.3) is 0 Å². The number of halogens is 1. The maximum Gasteiger partial charge on any atom is 0.223 e. The highest BCUT2D eigenvalue weighted by atomic mass is 35.5. The molecule has 0 bridgehead atoms. The average molecular weight is 467 g/mol. The van der Waals surface area contributed by atoms with Crippen LogP contribution in [0, 0.1) is 0 Å². The van der Waals surface area contributed by atoms with Crippen molar-refractivity contribution in [1.29, 1.82) is 0 Å². The number of rotatable bonds is 2. The first-order valence-corrected chi connectivity index (χ1v) is 12.0. The molecule has 7 rings (SSSR count). The van der Waals surface area contributed by atoms with E-state index in [2.05, 4.69) is 125 Å². The van der Waals surface area contributed by atoms with Crippen LogP contribution in [0.4, 0.5) is 0 Å². The van der Waals surface area contributed by atoms with Crippen molar-refractivity contribution in [2.45, 2.75) is 0 Å². The zero-order valence-electron chi connectivity index (χ0n) is 18.7. The maximum atomic E-state index is 6.57. The van der Waals surface area contributed by atoms with Gasteiger partial charge in [-0.2, -0.15) is 0 Å². The lowest BCUT2D eigenvalue weighted by Crippen LogP contribution is -1.94. The Morgan fingerprint density at radius 3 is 1.23 bits per heavy atom. The minimum absolute atomic E-state index is 0.243. The van der Waals surface area contributed by atoms with Crippen molar-refractivity contribution >= 4 is 54.7 Å². The largest absolute Gasteiger partial charge is 0.223 e. The minimum Gasteiger partial charge on any atom is -0.218 e. The summed E-state index contributed by atoms with van der Waals surface area (Å²) in [5.41, 5.74) is 3.74. The van der Waals surface area contributed by atoms with E-state index in [1.165, 1.54) is 32.3 Å². The lowest BCUT2D eigenvalue weighted by Gasteiger charge is -2.13. The van der Waals surface area contributed by atoms with Crippen molar-refractivity contribution < 1.29 is 0 Å². The summed E-state index contributed by atoms with van der Waals surface area (Å²) in [5, 5.41) is 9.75. The van der Waals surface area contributed by atoms with E-state index in [1.807, 2.05) is 0 Å². The maximum absolute atomic E-state index is 6.57. The molecular formula is C32H19ClN2. The molecule has 6 aromatic carbocycles. The predicted octanol–water partition coefficient (Wildman–Crippen LogP) is 9.08. The summed E-state index contributed by atoms with van der Waals surface area (Å²) < 4.78 is 0. The van der Waals surface area contributed by atoms with Gasteiger partial charge in [-0.1, -0.05) is 97.1 Å². The Kier molecular flexibility index (Phi) is 4.54. The van der Waals surface area contributed by atoms with Gasteiger partial charge in [0.15, 0.2) is 0 Å². The van der Waals surface area contributed by atoms with Gasteiger partial charge in [-0.25, -0.2) is 9.97 Å². The summed E-state index contributed by atoms with van der Waals surface area (Å²) in [6.07, 6.45) is 0. The molecule has 0 saturated carbocycles. The molecule has 7 aromatic rings. The monoisotopic (exact) mass is 466 g/mol. The highest BCUT2D eigenvalue weighted by Gasteiger charge is 2.15. The number of benzene rings is 6. The quantitative estimate of drug-likeness (QED) is 0.187. The van der Waals surface area contributed by atoms with Crippen LogP contribution in [0.1, 0.15) is 0 Å². The fourth-order valence-electron chi connectivity index (χ4n) is 5.23. The molecule has 0 fully saturated rings. The van der Waals surface area contributed by atoms with Crippen LogP contribution >= 0.6 is 11.6 Å². The number of nitrogens with zero attached hydrogens (tertiary/aromatic N) is 2. The van der Waals surface area contributed by atoms with Gasteiger partial charge in [0.1, 0.15) is 0 Å². The van der Waals surface area contributed by atoms with Crippen molar-refractivity contribution in [3.8, 4) is 22.5 Å². The van der Waals surface area contributed by atoms with E-state index in [0.717, 1.165) is 33.3 Å². The third kappa shape index (κ3) is 3.26. The molecule has 2 nitrogen and oxygen atoms in total. The van der Waals surface area contributed by atoms with Gasteiger partial charge in [-0.15, -0.1) is 0 Å². The second-order valence-corrected chi connectivity index (χ2v) is 9.13. The predicted molar refractivity (Wildman–Crippen MR) is 148 cm³/mol. The van der Waals surface area contributed by atoms with Crippen LogP contribution < -0.4 is 0 Å². The van der Waals surface area contributed by atoms with Gasteiger partial charge in [0, 0.05) is 11.1 Å². The normalized spacial score (nSPS) is 11.6. The highest BCUT2D eigenvalue weighted by molar-refractivity contribution is 6.28. The molecule has 0 amide bonds. The van der Waals surface area contributed by atoms with E-state index in [-0.39, 0.29) is 5.28 Å². The number of hydrogen-bond acceptors (Lipinski definition) is 2. The molecule has 0 radical (unpaired) electrons. The van der Waals surface area contributed by atoms with E-state index in [9.17, 15) is 0 Å². The van der Waals surface area contributed by atoms with E-state index >= 15 is 0 Å². The minimum atomic E-state index is 0.243. The SMILES string of the molecule is Clc1nc(-c2cc3ccccc3c3ccccc23)cc(-c2cc3ccccc3c3ccccc23)n1. The van der Waals surface area contributed by atoms with Crippen LogP contribution in [0.5, 0.6) is 0 Å². The van der Waals surface area contributed by atoms with E-state index in [1.54, 1.807) is 0 Å². The molecule has 164 valence electrons. The Labute approximate surface area is 207 Å². The number of fused-ring (bicyclic) bond motifs is 6. The van der Waals surface area contributed by atoms with Gasteiger partial charge in [-0.05, 0) is 72.9 Å². The zero-order valence-corrected chi connectivity index (χ0v) is 19.5. The number of aromatic nitrogens is 2. The van der Waals surface area contributed by atoms with Gasteiger partial charge in [0.2, 0.25) is 5.28 Å². The topological polar surface area (TPSA) is 25.8 Å². The van der Waals surface area contributed by atoms with Crippen LogP contribution in [0.2, 0.25) is 5.28 Å². The Morgan fingerprint density at radius 2 is 0.771 bits per heavy atom. The number of hydrogen-bond donors (Lipinski definition) is 0. The van der Waals surface area contributed by atoms with Gasteiger partial charge < -0.3 is 0 Å². The Hall–Kier alpha value is -4.27. The van der Waals surface area contributed by atoms with Crippen LogP contribution in [0.15, 0.2) is 115 Å². The van der Waals surface area contributed by atoms with Gasteiger partial charge >= 0.3 is 0 Å². The molecule has 0 aliphatic heterocycles. The lowest BCUT2D eigenvalue weighted by atomic mass is 9.93. The second kappa shape index (κ2) is 7.90. The van der Waals surface area contributed by atoms with E-state index in [0.29, 0.717) is 0 Å². The van der Waals surface area contributed by atoms with Crippen molar-refractivity contribution in [3.63, 3.8) is 0 Å². The molecule has 1 aromatic heterocycles. The molecular weight excluding hydrogens is 448 g/mol. The summed E-state index contributed by atoms with van der Waals surface area (Å²) >= 11 is 6.57. The second-order valence-electron chi connectivity index (χ2n) is 8.79. The Bertz CT molecular complexity index is 1790.